The van der Waals surface area contributed by atoms with Crippen molar-refractivity contribution >= 4 is 85.5 Å². The maximum atomic E-state index is 7.27. The van der Waals surface area contributed by atoms with E-state index < -0.39 is 0 Å². The van der Waals surface area contributed by atoms with Crippen molar-refractivity contribution in [2.24, 2.45) is 0 Å². The molecule has 0 amide bonds. The Morgan fingerprint density at radius 2 is 0.954 bits per heavy atom. The number of allylic oxidation sites excluding steroid dienone is 7. The van der Waals surface area contributed by atoms with Crippen molar-refractivity contribution in [1.82, 2.24) is 0 Å². The van der Waals surface area contributed by atoms with Crippen LogP contribution in [0, 0.1) is 24.7 Å². The van der Waals surface area contributed by atoms with Crippen LogP contribution in [-0.4, -0.2) is 53.6 Å². The van der Waals surface area contributed by atoms with E-state index in [-0.39, 0.29) is 45.9 Å². The van der Waals surface area contributed by atoms with E-state index in [1.165, 1.54) is 0 Å². The average molecular weight is 813 g/mol. The largest absolute Gasteiger partial charge is 0.331 e. The Labute approximate surface area is 391 Å². The highest BCUT2D eigenvalue weighted by molar-refractivity contribution is 6.43. The number of hydrogen-bond acceptors (Lipinski definition) is 1. The van der Waals surface area contributed by atoms with Crippen molar-refractivity contribution in [2.45, 2.75) is 6.32 Å². The van der Waals surface area contributed by atoms with Crippen molar-refractivity contribution in [3.63, 3.8) is 0 Å². The SMILES string of the molecule is [B]C/C(=C([B])\C([B])=C(/C#C)N(C/C([B])=C([B])\C(=C(\[B])C#C)c1cccc2ccccc12)c1cccc(-c2ccccc2)c1-c1ccccc1-c1ccccc1)c1cccc2ccccc12. The van der Waals surface area contributed by atoms with Crippen LogP contribution in [0.4, 0.5) is 5.69 Å². The Balaban J connectivity index is 1.44. The van der Waals surface area contributed by atoms with Crippen molar-refractivity contribution in [3.8, 4) is 58.1 Å². The molecule has 8 aromatic rings. The summed E-state index contributed by atoms with van der Waals surface area (Å²) in [5.74, 6) is 5.55. The number of hydrogen-bond donors (Lipinski definition) is 0. The van der Waals surface area contributed by atoms with Gasteiger partial charge in [-0.2, -0.15) is 0 Å². The van der Waals surface area contributed by atoms with Gasteiger partial charge in [-0.1, -0.05) is 222 Å². The Kier molecular flexibility index (Phi) is 13.5. The molecule has 0 heterocycles. The van der Waals surface area contributed by atoms with E-state index in [2.05, 4.69) is 54.3 Å². The van der Waals surface area contributed by atoms with Crippen LogP contribution in [0.15, 0.2) is 221 Å². The quantitative estimate of drug-likeness (QED) is 0.0675. The van der Waals surface area contributed by atoms with E-state index in [4.69, 9.17) is 59.9 Å². The van der Waals surface area contributed by atoms with Crippen LogP contribution in [0.2, 0.25) is 6.32 Å². The maximum Gasteiger partial charge on any atom is 0.127 e. The zero-order chi connectivity index (χ0) is 45.5. The second-order valence-electron chi connectivity index (χ2n) is 15.5. The van der Waals surface area contributed by atoms with E-state index in [9.17, 15) is 0 Å². The third-order valence-electron chi connectivity index (χ3n) is 11.7. The number of rotatable bonds is 12. The molecular formula is C58H37B6N. The predicted molar refractivity (Wildman–Crippen MR) is 283 cm³/mol. The van der Waals surface area contributed by atoms with Gasteiger partial charge in [0.15, 0.2) is 0 Å². The van der Waals surface area contributed by atoms with Crippen LogP contribution in [-0.2, 0) is 0 Å². The Hall–Kier alpha value is -7.45. The first-order valence-electron chi connectivity index (χ1n) is 21.2. The first-order chi connectivity index (χ1) is 31.7. The molecule has 0 N–H and O–H groups in total. The monoisotopic (exact) mass is 813 g/mol. The molecule has 0 spiro atoms. The number of terminal acetylenes is 2. The van der Waals surface area contributed by atoms with Gasteiger partial charge in [0.25, 0.3) is 0 Å². The van der Waals surface area contributed by atoms with Crippen LogP contribution in [0.5, 0.6) is 0 Å². The predicted octanol–water partition coefficient (Wildman–Crippen LogP) is 11.7. The molecule has 8 rings (SSSR count). The molecule has 0 aliphatic heterocycles. The summed E-state index contributed by atoms with van der Waals surface area (Å²) in [6, 6.07) is 62.7. The van der Waals surface area contributed by atoms with Crippen molar-refractivity contribution in [1.29, 1.82) is 0 Å². The fourth-order valence-corrected chi connectivity index (χ4v) is 8.57. The molecule has 0 saturated heterocycles. The van der Waals surface area contributed by atoms with Crippen LogP contribution in [0.25, 0.3) is 66.1 Å². The second-order valence-corrected chi connectivity index (χ2v) is 15.5. The van der Waals surface area contributed by atoms with Gasteiger partial charge in [-0.25, -0.2) is 0 Å². The summed E-state index contributed by atoms with van der Waals surface area (Å²) >= 11 is 0. The standard InChI is InChI=1S/C58H37B6N/c1-3-50(60)55(48-34-18-27-40-25-12-14-29-44(40)48)57(63)51(61)37-65(52(4-2)58(64)56(62)49(36-59)46-33-17-26-39-24-11-13-28-42(39)46)53-35-19-32-45(41-22-9-6-10-23-41)54(53)47-31-16-15-30-43(47)38-20-7-5-8-21-38/h1-2,5-35H,36-37H2/b55-50+,56-49-,57-51-,58-52-. The summed E-state index contributed by atoms with van der Waals surface area (Å²) in [6.45, 7) is -0.0591. The van der Waals surface area contributed by atoms with Gasteiger partial charge in [0.2, 0.25) is 0 Å². The lowest BCUT2D eigenvalue weighted by molar-refractivity contribution is 1.03. The van der Waals surface area contributed by atoms with Gasteiger partial charge < -0.3 is 4.90 Å². The molecule has 0 unspecified atom stereocenters. The number of fused-ring (bicyclic) bond motifs is 2. The number of benzene rings is 8. The zero-order valence-electron chi connectivity index (χ0n) is 35.9. The molecular weight excluding hydrogens is 776 g/mol. The molecule has 7 heteroatoms. The van der Waals surface area contributed by atoms with Crippen LogP contribution >= 0.6 is 0 Å². The molecule has 8 aromatic carbocycles. The maximum absolute atomic E-state index is 7.27. The topological polar surface area (TPSA) is 3.24 Å². The van der Waals surface area contributed by atoms with Crippen LogP contribution in [0.1, 0.15) is 11.1 Å². The Morgan fingerprint density at radius 1 is 0.462 bits per heavy atom. The minimum absolute atomic E-state index is 0.0591. The molecule has 65 heavy (non-hydrogen) atoms. The molecule has 0 aliphatic carbocycles. The average Bonchev–Trinajstić information content (AvgIpc) is 3.36. The Bertz CT molecular complexity index is 3280. The summed E-state index contributed by atoms with van der Waals surface area (Å²) in [5.41, 5.74) is 10.2. The molecule has 0 atom stereocenters. The minimum Gasteiger partial charge on any atom is -0.331 e. The summed E-state index contributed by atoms with van der Waals surface area (Å²) in [7, 11) is 42.1. The number of nitrogens with zero attached hydrogens (tertiary/aromatic N) is 1. The van der Waals surface area contributed by atoms with Gasteiger partial charge in [0.1, 0.15) is 39.2 Å². The summed E-state index contributed by atoms with van der Waals surface area (Å²) in [4.78, 5) is 1.90. The highest BCUT2D eigenvalue weighted by Crippen LogP contribution is 2.46. The van der Waals surface area contributed by atoms with Gasteiger partial charge in [-0.05, 0) is 77.6 Å². The van der Waals surface area contributed by atoms with Crippen molar-refractivity contribution < 1.29 is 0 Å². The third kappa shape index (κ3) is 8.89. The molecule has 0 aliphatic rings. The van der Waals surface area contributed by atoms with Crippen molar-refractivity contribution in [3.05, 3.63) is 232 Å². The van der Waals surface area contributed by atoms with E-state index in [1.807, 2.05) is 150 Å². The molecule has 12 radical (unpaired) electrons. The van der Waals surface area contributed by atoms with E-state index >= 15 is 0 Å². The first-order valence-corrected chi connectivity index (χ1v) is 21.2. The lowest BCUT2D eigenvalue weighted by atomic mass is 9.69. The van der Waals surface area contributed by atoms with Gasteiger partial charge in [0, 0.05) is 12.1 Å². The van der Waals surface area contributed by atoms with Crippen molar-refractivity contribution in [2.75, 3.05) is 11.4 Å². The molecule has 0 saturated carbocycles. The van der Waals surface area contributed by atoms with Crippen LogP contribution < -0.4 is 4.90 Å². The molecule has 0 bridgehead atoms. The summed E-state index contributed by atoms with van der Waals surface area (Å²) < 4.78 is 0. The highest BCUT2D eigenvalue weighted by atomic mass is 15.1. The number of anilines is 1. The lowest BCUT2D eigenvalue weighted by Crippen LogP contribution is -2.28. The van der Waals surface area contributed by atoms with Gasteiger partial charge in [0.05, 0.1) is 19.2 Å². The summed E-state index contributed by atoms with van der Waals surface area (Å²) in [6.07, 6.45) is 12.7. The second kappa shape index (κ2) is 19.9. The minimum atomic E-state index is -0.0591. The highest BCUT2D eigenvalue weighted by Gasteiger charge is 2.25. The van der Waals surface area contributed by atoms with Gasteiger partial charge in [-0.15, -0.1) is 18.3 Å². The molecule has 292 valence electrons. The molecule has 0 aromatic heterocycles. The molecule has 0 fully saturated rings. The van der Waals surface area contributed by atoms with Gasteiger partial charge >= 0.3 is 0 Å². The molecule has 1 nitrogen and oxygen atoms in total. The van der Waals surface area contributed by atoms with Gasteiger partial charge in [-0.3, -0.25) is 0 Å². The van der Waals surface area contributed by atoms with E-state index in [0.29, 0.717) is 16.8 Å². The Morgan fingerprint density at radius 3 is 1.55 bits per heavy atom. The smallest absolute Gasteiger partial charge is 0.127 e. The zero-order valence-corrected chi connectivity index (χ0v) is 35.9. The third-order valence-corrected chi connectivity index (χ3v) is 11.7. The van der Waals surface area contributed by atoms with E-state index in [0.717, 1.165) is 66.1 Å². The van der Waals surface area contributed by atoms with Crippen LogP contribution in [0.3, 0.4) is 0 Å². The van der Waals surface area contributed by atoms with E-state index in [1.54, 1.807) is 0 Å². The summed E-state index contributed by atoms with van der Waals surface area (Å²) in [5, 5.41) is 3.88. The normalized spacial score (nSPS) is 12.8. The lowest BCUT2D eigenvalue weighted by Gasteiger charge is -2.33. The first kappa shape index (κ1) is 44.2. The fraction of sp³-hybridized carbons (Fsp3) is 0.0345. The fourth-order valence-electron chi connectivity index (χ4n) is 8.57.